The Hall–Kier alpha value is -0.340. The standard InChI is InChI=1S/C19H36N2/c1-3-5-6-7-8-13-18(20-4-2)19(14-9-10-15-19)21-16-11-12-17-21/h3,18,20H,1,4-17H2,2H3. The molecule has 0 radical (unpaired) electrons. The average Bonchev–Trinajstić information content (AvgIpc) is 3.17. The van der Waals surface area contributed by atoms with Gasteiger partial charge in [-0.3, -0.25) is 4.90 Å². The van der Waals surface area contributed by atoms with Crippen molar-refractivity contribution in [1.29, 1.82) is 0 Å². The molecule has 1 unspecified atom stereocenters. The topological polar surface area (TPSA) is 15.3 Å². The summed E-state index contributed by atoms with van der Waals surface area (Å²) in [7, 11) is 0. The maximum absolute atomic E-state index is 3.87. The van der Waals surface area contributed by atoms with Crippen molar-refractivity contribution in [2.45, 2.75) is 89.1 Å². The van der Waals surface area contributed by atoms with E-state index in [1.807, 2.05) is 0 Å². The minimum atomic E-state index is 0.491. The molecule has 1 heterocycles. The van der Waals surface area contributed by atoms with Gasteiger partial charge in [-0.1, -0.05) is 38.7 Å². The summed E-state index contributed by atoms with van der Waals surface area (Å²) in [6.07, 6.45) is 17.2. The lowest BCUT2D eigenvalue weighted by atomic mass is 9.83. The third-order valence-electron chi connectivity index (χ3n) is 5.71. The molecule has 1 atom stereocenters. The Balaban J connectivity index is 1.93. The summed E-state index contributed by atoms with van der Waals surface area (Å²) in [6.45, 7) is 9.91. The van der Waals surface area contributed by atoms with Crippen LogP contribution in [0.3, 0.4) is 0 Å². The molecule has 0 bridgehead atoms. The molecule has 1 aliphatic heterocycles. The highest BCUT2D eigenvalue weighted by Gasteiger charge is 2.45. The van der Waals surface area contributed by atoms with Crippen LogP contribution in [0.2, 0.25) is 0 Å². The first-order valence-electron chi connectivity index (χ1n) is 9.43. The van der Waals surface area contributed by atoms with Gasteiger partial charge in [-0.2, -0.15) is 0 Å². The number of unbranched alkanes of at least 4 members (excludes halogenated alkanes) is 3. The molecule has 21 heavy (non-hydrogen) atoms. The fourth-order valence-electron chi connectivity index (χ4n) is 4.66. The Labute approximate surface area is 132 Å². The number of hydrogen-bond acceptors (Lipinski definition) is 2. The smallest absolute Gasteiger partial charge is 0.0362 e. The molecule has 2 fully saturated rings. The number of nitrogens with one attached hydrogen (secondary N) is 1. The van der Waals surface area contributed by atoms with Crippen molar-refractivity contribution in [3.05, 3.63) is 12.7 Å². The second kappa shape index (κ2) is 8.95. The summed E-state index contributed by atoms with van der Waals surface area (Å²) in [5.41, 5.74) is 0.491. The molecule has 2 nitrogen and oxygen atoms in total. The van der Waals surface area contributed by atoms with E-state index in [-0.39, 0.29) is 0 Å². The number of likely N-dealkylation sites (tertiary alicyclic amines) is 1. The van der Waals surface area contributed by atoms with Crippen molar-refractivity contribution in [1.82, 2.24) is 10.2 Å². The molecule has 0 aromatic carbocycles. The molecule has 0 aromatic rings. The van der Waals surface area contributed by atoms with Gasteiger partial charge in [-0.25, -0.2) is 0 Å². The third-order valence-corrected chi connectivity index (χ3v) is 5.71. The molecule has 1 saturated carbocycles. The number of hydrogen-bond donors (Lipinski definition) is 1. The number of nitrogens with zero attached hydrogens (tertiary/aromatic N) is 1. The average molecular weight is 293 g/mol. The molecule has 2 rings (SSSR count). The quantitative estimate of drug-likeness (QED) is 0.471. The second-order valence-electron chi connectivity index (χ2n) is 7.04. The molecule has 1 saturated heterocycles. The number of likely N-dealkylation sites (N-methyl/N-ethyl adjacent to an activating group) is 1. The molecule has 2 heteroatoms. The van der Waals surface area contributed by atoms with Crippen LogP contribution in [-0.4, -0.2) is 36.1 Å². The van der Waals surface area contributed by atoms with Crippen LogP contribution in [0.4, 0.5) is 0 Å². The van der Waals surface area contributed by atoms with Crippen LogP contribution in [0.25, 0.3) is 0 Å². The third kappa shape index (κ3) is 4.32. The van der Waals surface area contributed by atoms with Crippen LogP contribution in [0.5, 0.6) is 0 Å². The zero-order valence-corrected chi connectivity index (χ0v) is 14.2. The van der Waals surface area contributed by atoms with Crippen molar-refractivity contribution in [2.24, 2.45) is 0 Å². The molecular formula is C19H36N2. The predicted molar refractivity (Wildman–Crippen MR) is 92.8 cm³/mol. The van der Waals surface area contributed by atoms with Gasteiger partial charge in [0.1, 0.15) is 0 Å². The summed E-state index contributed by atoms with van der Waals surface area (Å²) in [5, 5.41) is 3.87. The van der Waals surface area contributed by atoms with E-state index < -0.39 is 0 Å². The normalized spacial score (nSPS) is 23.5. The Morgan fingerprint density at radius 2 is 1.81 bits per heavy atom. The Morgan fingerprint density at radius 1 is 1.10 bits per heavy atom. The molecule has 1 aliphatic carbocycles. The lowest BCUT2D eigenvalue weighted by Crippen LogP contribution is -2.59. The fourth-order valence-corrected chi connectivity index (χ4v) is 4.66. The van der Waals surface area contributed by atoms with Gasteiger partial charge in [0.25, 0.3) is 0 Å². The zero-order valence-electron chi connectivity index (χ0n) is 14.2. The van der Waals surface area contributed by atoms with Crippen LogP contribution >= 0.6 is 0 Å². The van der Waals surface area contributed by atoms with Gasteiger partial charge < -0.3 is 5.32 Å². The van der Waals surface area contributed by atoms with Crippen molar-refractivity contribution in [2.75, 3.05) is 19.6 Å². The molecule has 2 aliphatic rings. The largest absolute Gasteiger partial charge is 0.312 e. The molecule has 1 N–H and O–H groups in total. The molecule has 0 aromatic heterocycles. The maximum Gasteiger partial charge on any atom is 0.0362 e. The van der Waals surface area contributed by atoms with Crippen molar-refractivity contribution in [3.8, 4) is 0 Å². The van der Waals surface area contributed by atoms with E-state index in [0.29, 0.717) is 11.6 Å². The lowest BCUT2D eigenvalue weighted by molar-refractivity contribution is 0.0724. The number of rotatable bonds is 10. The van der Waals surface area contributed by atoms with Crippen LogP contribution in [-0.2, 0) is 0 Å². The summed E-state index contributed by atoms with van der Waals surface area (Å²) < 4.78 is 0. The van der Waals surface area contributed by atoms with Crippen molar-refractivity contribution in [3.63, 3.8) is 0 Å². The summed E-state index contributed by atoms with van der Waals surface area (Å²) in [4.78, 5) is 2.86. The van der Waals surface area contributed by atoms with Gasteiger partial charge in [0.2, 0.25) is 0 Å². The highest BCUT2D eigenvalue weighted by atomic mass is 15.2. The Morgan fingerprint density at radius 3 is 2.43 bits per heavy atom. The summed E-state index contributed by atoms with van der Waals surface area (Å²) in [6, 6.07) is 0.715. The van der Waals surface area contributed by atoms with E-state index in [1.165, 1.54) is 83.7 Å². The fraction of sp³-hybridized carbons (Fsp3) is 0.895. The van der Waals surface area contributed by atoms with Crippen LogP contribution in [0.15, 0.2) is 12.7 Å². The van der Waals surface area contributed by atoms with Crippen LogP contribution < -0.4 is 5.32 Å². The summed E-state index contributed by atoms with van der Waals surface area (Å²) in [5.74, 6) is 0. The van der Waals surface area contributed by atoms with Gasteiger partial charge in [0.05, 0.1) is 0 Å². The highest BCUT2D eigenvalue weighted by molar-refractivity contribution is 5.04. The first-order chi connectivity index (χ1) is 10.3. The second-order valence-corrected chi connectivity index (χ2v) is 7.04. The molecule has 0 amide bonds. The molecule has 122 valence electrons. The SMILES string of the molecule is C=CCCCCCC(NCC)C1(N2CCCC2)CCCC1. The Bertz CT molecular complexity index is 288. The zero-order chi connectivity index (χ0) is 15.0. The molecule has 0 spiro atoms. The Kier molecular flexibility index (Phi) is 7.25. The highest BCUT2D eigenvalue weighted by Crippen LogP contribution is 2.41. The monoisotopic (exact) mass is 292 g/mol. The van der Waals surface area contributed by atoms with E-state index >= 15 is 0 Å². The van der Waals surface area contributed by atoms with Crippen molar-refractivity contribution < 1.29 is 0 Å². The van der Waals surface area contributed by atoms with E-state index in [2.05, 4.69) is 29.8 Å². The maximum atomic E-state index is 3.87. The lowest BCUT2D eigenvalue weighted by Gasteiger charge is -2.45. The first-order valence-corrected chi connectivity index (χ1v) is 9.43. The van der Waals surface area contributed by atoms with E-state index in [4.69, 9.17) is 0 Å². The van der Waals surface area contributed by atoms with Gasteiger partial charge in [0, 0.05) is 11.6 Å². The van der Waals surface area contributed by atoms with Gasteiger partial charge >= 0.3 is 0 Å². The molecular weight excluding hydrogens is 256 g/mol. The minimum Gasteiger partial charge on any atom is -0.312 e. The summed E-state index contributed by atoms with van der Waals surface area (Å²) >= 11 is 0. The van der Waals surface area contributed by atoms with E-state index in [9.17, 15) is 0 Å². The van der Waals surface area contributed by atoms with Crippen LogP contribution in [0, 0.1) is 0 Å². The number of allylic oxidation sites excluding steroid dienone is 1. The minimum absolute atomic E-state index is 0.491. The van der Waals surface area contributed by atoms with Gasteiger partial charge in [-0.05, 0) is 64.6 Å². The van der Waals surface area contributed by atoms with Gasteiger partial charge in [-0.15, -0.1) is 6.58 Å². The van der Waals surface area contributed by atoms with Gasteiger partial charge in [0.15, 0.2) is 0 Å². The van der Waals surface area contributed by atoms with Crippen molar-refractivity contribution >= 4 is 0 Å². The van der Waals surface area contributed by atoms with E-state index in [1.54, 1.807) is 0 Å². The first kappa shape index (κ1) is 17.0. The van der Waals surface area contributed by atoms with E-state index in [0.717, 1.165) is 6.54 Å². The predicted octanol–water partition coefficient (Wildman–Crippen LogP) is 4.51. The van der Waals surface area contributed by atoms with Crippen LogP contribution in [0.1, 0.15) is 77.6 Å².